The number of hydrogen-bond acceptors (Lipinski definition) is 5. The van der Waals surface area contributed by atoms with Crippen molar-refractivity contribution in [1.82, 2.24) is 5.32 Å². The van der Waals surface area contributed by atoms with Crippen LogP contribution in [0.1, 0.15) is 25.5 Å². The zero-order chi connectivity index (χ0) is 19.9. The Morgan fingerprint density at radius 1 is 1.11 bits per heavy atom. The molecule has 0 aliphatic rings. The number of nitrogens with one attached hydrogen (secondary N) is 2. The van der Waals surface area contributed by atoms with Crippen LogP contribution in [-0.4, -0.2) is 46.0 Å². The minimum atomic E-state index is 0.492. The first-order valence-corrected chi connectivity index (χ1v) is 9.69. The topological polar surface area (TPSA) is 77.3 Å². The van der Waals surface area contributed by atoms with Crippen LogP contribution in [0.15, 0.2) is 52.1 Å². The number of methoxy groups -OCH3 is 1. The summed E-state index contributed by atoms with van der Waals surface area (Å²) in [7, 11) is 1.69. The summed E-state index contributed by atoms with van der Waals surface area (Å²) in [5.74, 6) is 2.40. The van der Waals surface area contributed by atoms with Gasteiger partial charge in [-0.3, -0.25) is 4.99 Å². The number of anilines is 1. The fourth-order valence-electron chi connectivity index (χ4n) is 2.43. The number of nitrogens with zero attached hydrogens (tertiary/aromatic N) is 1. The van der Waals surface area contributed by atoms with Crippen molar-refractivity contribution in [2.45, 2.75) is 26.4 Å². The summed E-state index contributed by atoms with van der Waals surface area (Å²) < 4.78 is 21.6. The van der Waals surface area contributed by atoms with Crippen LogP contribution >= 0.6 is 0 Å². The lowest BCUT2D eigenvalue weighted by molar-refractivity contribution is 0.105. The van der Waals surface area contributed by atoms with Crippen LogP contribution in [0.3, 0.4) is 0 Å². The van der Waals surface area contributed by atoms with E-state index in [4.69, 9.17) is 18.6 Å². The fourth-order valence-corrected chi connectivity index (χ4v) is 2.43. The average Bonchev–Trinajstić information content (AvgIpc) is 3.22. The normalized spacial score (nSPS) is 11.4. The molecular formula is C21H31N3O4. The van der Waals surface area contributed by atoms with Crippen molar-refractivity contribution in [3.05, 3.63) is 48.4 Å². The van der Waals surface area contributed by atoms with Gasteiger partial charge in [-0.15, -0.1) is 0 Å². The number of furan rings is 1. The van der Waals surface area contributed by atoms with Gasteiger partial charge in [0.25, 0.3) is 0 Å². The van der Waals surface area contributed by atoms with Gasteiger partial charge in [-0.05, 0) is 37.6 Å². The Hall–Kier alpha value is -2.51. The van der Waals surface area contributed by atoms with Crippen molar-refractivity contribution in [3.63, 3.8) is 0 Å². The van der Waals surface area contributed by atoms with Crippen molar-refractivity contribution in [2.24, 2.45) is 4.99 Å². The van der Waals surface area contributed by atoms with Gasteiger partial charge < -0.3 is 29.3 Å². The minimum absolute atomic E-state index is 0.492. The number of rotatable bonds is 13. The van der Waals surface area contributed by atoms with Gasteiger partial charge in [-0.25, -0.2) is 0 Å². The van der Waals surface area contributed by atoms with E-state index in [1.165, 1.54) is 0 Å². The van der Waals surface area contributed by atoms with Crippen LogP contribution in [0.25, 0.3) is 0 Å². The molecule has 0 spiro atoms. The molecule has 2 N–H and O–H groups in total. The van der Waals surface area contributed by atoms with Gasteiger partial charge >= 0.3 is 0 Å². The molecular weight excluding hydrogens is 358 g/mol. The van der Waals surface area contributed by atoms with E-state index in [1.54, 1.807) is 13.4 Å². The molecule has 1 aromatic carbocycles. The van der Waals surface area contributed by atoms with Crippen LogP contribution in [0, 0.1) is 0 Å². The summed E-state index contributed by atoms with van der Waals surface area (Å²) in [6.45, 7) is 5.94. The minimum Gasteiger partial charge on any atom is -0.493 e. The van der Waals surface area contributed by atoms with E-state index in [-0.39, 0.29) is 0 Å². The van der Waals surface area contributed by atoms with E-state index >= 15 is 0 Å². The zero-order valence-electron chi connectivity index (χ0n) is 16.8. The lowest BCUT2D eigenvalue weighted by atomic mass is 10.3. The largest absolute Gasteiger partial charge is 0.493 e. The summed E-state index contributed by atoms with van der Waals surface area (Å²) in [4.78, 5) is 4.59. The maximum Gasteiger partial charge on any atom is 0.195 e. The molecule has 0 radical (unpaired) electrons. The van der Waals surface area contributed by atoms with Crippen molar-refractivity contribution < 1.29 is 18.6 Å². The molecule has 0 aliphatic carbocycles. The second-order valence-corrected chi connectivity index (χ2v) is 6.09. The Labute approximate surface area is 167 Å². The molecule has 0 amide bonds. The van der Waals surface area contributed by atoms with Crippen LogP contribution in [0.2, 0.25) is 0 Å². The monoisotopic (exact) mass is 389 g/mol. The van der Waals surface area contributed by atoms with Gasteiger partial charge in [0.05, 0.1) is 12.9 Å². The van der Waals surface area contributed by atoms with Crippen LogP contribution in [-0.2, 0) is 16.1 Å². The SMILES string of the molecule is CCNC(=NCCCOCc1ccco1)Nc1cccc(OCCCOC)c1. The molecule has 2 rings (SSSR count). The van der Waals surface area contributed by atoms with Gasteiger partial charge in [0.1, 0.15) is 18.1 Å². The first kappa shape index (κ1) is 21.8. The second-order valence-electron chi connectivity index (χ2n) is 6.09. The summed E-state index contributed by atoms with van der Waals surface area (Å²) in [5, 5.41) is 6.56. The van der Waals surface area contributed by atoms with E-state index in [0.29, 0.717) is 33.0 Å². The van der Waals surface area contributed by atoms with Crippen LogP contribution in [0.4, 0.5) is 5.69 Å². The maximum atomic E-state index is 5.74. The molecule has 28 heavy (non-hydrogen) atoms. The number of aliphatic imine (C=N–C) groups is 1. The van der Waals surface area contributed by atoms with E-state index in [2.05, 4.69) is 15.6 Å². The molecule has 1 aromatic heterocycles. The summed E-state index contributed by atoms with van der Waals surface area (Å²) in [6.07, 6.45) is 3.34. The summed E-state index contributed by atoms with van der Waals surface area (Å²) >= 11 is 0. The van der Waals surface area contributed by atoms with Gasteiger partial charge in [0.15, 0.2) is 5.96 Å². The van der Waals surface area contributed by atoms with Gasteiger partial charge in [-0.2, -0.15) is 0 Å². The van der Waals surface area contributed by atoms with Gasteiger partial charge in [0.2, 0.25) is 0 Å². The third kappa shape index (κ3) is 8.92. The molecule has 2 aromatic rings. The Bertz CT molecular complexity index is 674. The molecule has 0 unspecified atom stereocenters. The number of ether oxygens (including phenoxy) is 3. The Balaban J connectivity index is 1.74. The molecule has 0 atom stereocenters. The Morgan fingerprint density at radius 3 is 2.82 bits per heavy atom. The number of benzene rings is 1. The predicted molar refractivity (Wildman–Crippen MR) is 111 cm³/mol. The quantitative estimate of drug-likeness (QED) is 0.309. The Morgan fingerprint density at radius 2 is 2.04 bits per heavy atom. The molecule has 0 saturated heterocycles. The first-order chi connectivity index (χ1) is 13.8. The molecule has 0 saturated carbocycles. The predicted octanol–water partition coefficient (Wildman–Crippen LogP) is 3.68. The van der Waals surface area contributed by atoms with Crippen molar-refractivity contribution in [2.75, 3.05) is 45.3 Å². The fraction of sp³-hybridized carbons (Fsp3) is 0.476. The van der Waals surface area contributed by atoms with Crippen molar-refractivity contribution in [3.8, 4) is 5.75 Å². The summed E-state index contributed by atoms with van der Waals surface area (Å²) in [5.41, 5.74) is 0.929. The van der Waals surface area contributed by atoms with E-state index in [9.17, 15) is 0 Å². The van der Waals surface area contributed by atoms with E-state index in [1.807, 2.05) is 43.3 Å². The van der Waals surface area contributed by atoms with Gasteiger partial charge in [0, 0.05) is 51.6 Å². The average molecular weight is 389 g/mol. The zero-order valence-corrected chi connectivity index (χ0v) is 16.8. The second kappa shape index (κ2) is 13.6. The highest BCUT2D eigenvalue weighted by molar-refractivity contribution is 5.93. The molecule has 0 bridgehead atoms. The lowest BCUT2D eigenvalue weighted by Crippen LogP contribution is -2.30. The van der Waals surface area contributed by atoms with E-state index < -0.39 is 0 Å². The first-order valence-electron chi connectivity index (χ1n) is 9.69. The molecule has 0 fully saturated rings. The third-order valence-electron chi connectivity index (χ3n) is 3.74. The lowest BCUT2D eigenvalue weighted by Gasteiger charge is -2.13. The summed E-state index contributed by atoms with van der Waals surface area (Å²) in [6, 6.07) is 11.6. The third-order valence-corrected chi connectivity index (χ3v) is 3.74. The van der Waals surface area contributed by atoms with Crippen molar-refractivity contribution >= 4 is 11.6 Å². The highest BCUT2D eigenvalue weighted by atomic mass is 16.5. The number of guanidine groups is 1. The standard InChI is InChI=1S/C21H31N3O4/c1-3-22-21(23-11-6-13-26-17-20-10-5-14-28-20)24-18-8-4-9-19(16-18)27-15-7-12-25-2/h4-5,8-10,14,16H,3,6-7,11-13,15,17H2,1-2H3,(H2,22,23,24). The van der Waals surface area contributed by atoms with Crippen LogP contribution in [0.5, 0.6) is 5.75 Å². The molecule has 154 valence electrons. The maximum absolute atomic E-state index is 5.74. The number of hydrogen-bond donors (Lipinski definition) is 2. The smallest absolute Gasteiger partial charge is 0.195 e. The van der Waals surface area contributed by atoms with Crippen LogP contribution < -0.4 is 15.4 Å². The van der Waals surface area contributed by atoms with Gasteiger partial charge in [-0.1, -0.05) is 6.07 Å². The van der Waals surface area contributed by atoms with E-state index in [0.717, 1.165) is 42.5 Å². The molecule has 7 heteroatoms. The highest BCUT2D eigenvalue weighted by Crippen LogP contribution is 2.17. The van der Waals surface area contributed by atoms with Crippen molar-refractivity contribution in [1.29, 1.82) is 0 Å². The molecule has 7 nitrogen and oxygen atoms in total. The highest BCUT2D eigenvalue weighted by Gasteiger charge is 2.02. The molecule has 1 heterocycles. The Kier molecular flexibility index (Phi) is 10.6. The molecule has 0 aliphatic heterocycles.